The second-order valence-corrected chi connectivity index (χ2v) is 13.3. The van der Waals surface area contributed by atoms with E-state index in [2.05, 4.69) is 26.4 Å². The maximum absolute atomic E-state index is 15.0. The van der Waals surface area contributed by atoms with Crippen LogP contribution in [0.4, 0.5) is 19.6 Å². The Bertz CT molecular complexity index is 2100. The highest BCUT2D eigenvalue weighted by molar-refractivity contribution is 7.23. The molecule has 2 fully saturated rings. The molecule has 0 aliphatic carbocycles. The van der Waals surface area contributed by atoms with Gasteiger partial charge in [-0.25, -0.2) is 8.78 Å². The van der Waals surface area contributed by atoms with Gasteiger partial charge in [-0.2, -0.15) is 20.2 Å². The molecular weight excluding hydrogens is 638 g/mol. The van der Waals surface area contributed by atoms with Gasteiger partial charge in [0.1, 0.15) is 35.5 Å². The lowest BCUT2D eigenvalue weighted by Crippen LogP contribution is -2.43. The molecule has 8 rings (SSSR count). The number of hydrogen-bond donors (Lipinski definition) is 2. The number of benzene rings is 2. The number of nitrogens with two attached hydrogens (primary N) is 1. The first-order valence-electron chi connectivity index (χ1n) is 14.8. The van der Waals surface area contributed by atoms with E-state index in [1.807, 2.05) is 0 Å². The van der Waals surface area contributed by atoms with E-state index < -0.39 is 17.5 Å². The number of aromatic nitrogens is 4. The molecule has 2 aromatic carbocycles. The van der Waals surface area contributed by atoms with Crippen molar-refractivity contribution >= 4 is 54.7 Å². The van der Waals surface area contributed by atoms with Gasteiger partial charge >= 0.3 is 6.01 Å². The summed E-state index contributed by atoms with van der Waals surface area (Å²) in [5.41, 5.74) is 9.00. The van der Waals surface area contributed by atoms with Crippen LogP contribution in [0.1, 0.15) is 47.7 Å². The molecule has 3 aromatic heterocycles. The van der Waals surface area contributed by atoms with Crippen LogP contribution in [0.15, 0.2) is 16.7 Å². The Morgan fingerprint density at radius 2 is 2.11 bits per heavy atom. The van der Waals surface area contributed by atoms with E-state index in [1.54, 1.807) is 13.0 Å². The van der Waals surface area contributed by atoms with Crippen molar-refractivity contribution in [3.63, 3.8) is 0 Å². The molecule has 0 saturated carbocycles. The van der Waals surface area contributed by atoms with E-state index in [0.29, 0.717) is 57.9 Å². The third-order valence-electron chi connectivity index (χ3n) is 9.19. The SMILES string of the molecule is Cc1nc(CNc2nc(OC[C@@]34CCCN3C[C@H](F)C4)nc3c(Cl)c(-c4ccc(F)c5sc(N)c(C#N)c45)c4c(c23)COC4)no1. The molecule has 236 valence electrons. The van der Waals surface area contributed by atoms with Gasteiger partial charge in [-0.15, -0.1) is 11.3 Å². The van der Waals surface area contributed by atoms with Gasteiger partial charge in [0.25, 0.3) is 0 Å². The summed E-state index contributed by atoms with van der Waals surface area (Å²) in [6.45, 7) is 3.80. The molecule has 3 N–H and O–H groups in total. The van der Waals surface area contributed by atoms with Gasteiger partial charge in [-0.05, 0) is 42.1 Å². The molecule has 5 aromatic rings. The van der Waals surface area contributed by atoms with Crippen molar-refractivity contribution in [2.75, 3.05) is 30.7 Å². The first-order valence-corrected chi connectivity index (χ1v) is 16.0. The number of nitrogens with one attached hydrogen (secondary N) is 1. The molecule has 0 radical (unpaired) electrons. The summed E-state index contributed by atoms with van der Waals surface area (Å²) in [6, 6.07) is 5.15. The molecular formula is C31H27ClF2N8O3S. The van der Waals surface area contributed by atoms with Crippen molar-refractivity contribution in [3.05, 3.63) is 51.4 Å². The predicted molar refractivity (Wildman–Crippen MR) is 168 cm³/mol. The van der Waals surface area contributed by atoms with Crippen LogP contribution in [0.3, 0.4) is 0 Å². The largest absolute Gasteiger partial charge is 0.461 e. The van der Waals surface area contributed by atoms with Gasteiger partial charge in [0.05, 0.1) is 51.5 Å². The van der Waals surface area contributed by atoms with Crippen LogP contribution in [0, 0.1) is 24.1 Å². The molecule has 0 unspecified atom stereocenters. The van der Waals surface area contributed by atoms with Crippen molar-refractivity contribution in [1.29, 1.82) is 5.26 Å². The molecule has 2 saturated heterocycles. The van der Waals surface area contributed by atoms with E-state index in [1.165, 1.54) is 6.07 Å². The minimum Gasteiger partial charge on any atom is -0.461 e. The van der Waals surface area contributed by atoms with E-state index in [0.717, 1.165) is 41.9 Å². The minimum atomic E-state index is -0.909. The third-order valence-corrected chi connectivity index (χ3v) is 10.6. The van der Waals surface area contributed by atoms with Gasteiger partial charge in [-0.1, -0.05) is 22.8 Å². The van der Waals surface area contributed by atoms with Gasteiger partial charge < -0.3 is 25.0 Å². The predicted octanol–water partition coefficient (Wildman–Crippen LogP) is 6.05. The lowest BCUT2D eigenvalue weighted by atomic mass is 9.91. The van der Waals surface area contributed by atoms with Crippen LogP contribution in [0.2, 0.25) is 5.02 Å². The monoisotopic (exact) mass is 664 g/mol. The van der Waals surface area contributed by atoms with Crippen molar-refractivity contribution in [1.82, 2.24) is 25.0 Å². The summed E-state index contributed by atoms with van der Waals surface area (Å²) < 4.78 is 47.1. The molecule has 6 heterocycles. The van der Waals surface area contributed by atoms with E-state index >= 15 is 0 Å². The van der Waals surface area contributed by atoms with Crippen molar-refractivity contribution < 1.29 is 22.8 Å². The Morgan fingerprint density at radius 1 is 1.26 bits per heavy atom. The molecule has 3 aliphatic rings. The molecule has 0 spiro atoms. The van der Waals surface area contributed by atoms with Crippen LogP contribution in [0.25, 0.3) is 32.1 Å². The van der Waals surface area contributed by atoms with E-state index in [9.17, 15) is 14.0 Å². The lowest BCUT2D eigenvalue weighted by Gasteiger charge is -2.30. The molecule has 0 bridgehead atoms. The second kappa shape index (κ2) is 11.0. The Hall–Kier alpha value is -4.16. The number of nitrogens with zero attached hydrogens (tertiary/aromatic N) is 6. The molecule has 46 heavy (non-hydrogen) atoms. The van der Waals surface area contributed by atoms with Gasteiger partial charge in [0.2, 0.25) is 5.89 Å². The average molecular weight is 665 g/mol. The zero-order valence-electron chi connectivity index (χ0n) is 24.6. The van der Waals surface area contributed by atoms with Gasteiger partial charge in [0.15, 0.2) is 5.82 Å². The number of ether oxygens (including phenoxy) is 2. The van der Waals surface area contributed by atoms with Gasteiger partial charge in [0, 0.05) is 30.8 Å². The summed E-state index contributed by atoms with van der Waals surface area (Å²) >= 11 is 8.29. The fourth-order valence-corrected chi connectivity index (χ4v) is 8.52. The van der Waals surface area contributed by atoms with E-state index in [-0.39, 0.29) is 52.7 Å². The maximum atomic E-state index is 15.0. The number of aryl methyl sites for hydroxylation is 1. The van der Waals surface area contributed by atoms with Crippen molar-refractivity contribution in [2.24, 2.45) is 0 Å². The number of anilines is 2. The number of thiophene rings is 1. The van der Waals surface area contributed by atoms with Crippen LogP contribution in [-0.4, -0.2) is 56.4 Å². The zero-order chi connectivity index (χ0) is 31.7. The number of hydrogen-bond acceptors (Lipinski definition) is 12. The summed E-state index contributed by atoms with van der Waals surface area (Å²) in [7, 11) is 0. The number of rotatable bonds is 7. The fraction of sp³-hybridized carbons (Fsp3) is 0.387. The third kappa shape index (κ3) is 4.56. The highest BCUT2D eigenvalue weighted by atomic mass is 35.5. The Labute approximate surface area is 270 Å². The zero-order valence-corrected chi connectivity index (χ0v) is 26.2. The summed E-state index contributed by atoms with van der Waals surface area (Å²) in [5, 5.41) is 18.7. The Balaban J connectivity index is 1.31. The minimum absolute atomic E-state index is 0.0660. The average Bonchev–Trinajstić information content (AvgIpc) is 3.85. The molecule has 11 nitrogen and oxygen atoms in total. The van der Waals surface area contributed by atoms with E-state index in [4.69, 9.17) is 41.3 Å². The van der Waals surface area contributed by atoms with Crippen molar-refractivity contribution in [2.45, 2.75) is 57.7 Å². The van der Waals surface area contributed by atoms with Crippen LogP contribution < -0.4 is 15.8 Å². The number of alkyl halides is 1. The highest BCUT2D eigenvalue weighted by Gasteiger charge is 2.49. The second-order valence-electron chi connectivity index (χ2n) is 11.9. The van der Waals surface area contributed by atoms with Crippen LogP contribution in [0.5, 0.6) is 6.01 Å². The topological polar surface area (TPSA) is 148 Å². The first-order chi connectivity index (χ1) is 22.3. The number of nitriles is 1. The number of halogens is 3. The summed E-state index contributed by atoms with van der Waals surface area (Å²) in [5.74, 6) is 0.797. The van der Waals surface area contributed by atoms with Crippen LogP contribution in [-0.2, 0) is 24.5 Å². The molecule has 3 aliphatic heterocycles. The fourth-order valence-electron chi connectivity index (χ4n) is 7.22. The normalized spacial score (nSPS) is 20.8. The van der Waals surface area contributed by atoms with Crippen molar-refractivity contribution in [3.8, 4) is 23.2 Å². The van der Waals surface area contributed by atoms with Gasteiger partial charge in [-0.3, -0.25) is 4.90 Å². The number of fused-ring (bicyclic) bond motifs is 5. The highest BCUT2D eigenvalue weighted by Crippen LogP contribution is 2.49. The Morgan fingerprint density at radius 3 is 2.91 bits per heavy atom. The first kappa shape index (κ1) is 29.3. The Kier molecular flexibility index (Phi) is 6.98. The summed E-state index contributed by atoms with van der Waals surface area (Å²) in [4.78, 5) is 16.0. The maximum Gasteiger partial charge on any atom is 0.319 e. The number of nitrogen functional groups attached to an aromatic ring is 1. The molecule has 15 heteroatoms. The standard InChI is InChI=1S/C31H27ClF2N8O3S/c1-14-38-21(41-45-14)9-37-29-24-19-12-43-11-18(19)22(16-3-4-20(34)27-23(16)17(8-35)28(36)46-27)25(32)26(24)39-30(40-29)44-13-31-5-2-6-42(31)10-15(33)7-31/h3-4,15H,2,5-7,9-13,36H2,1H3,(H,37,39,40)/t15-,31+/m1/s1. The molecule has 0 amide bonds. The quantitative estimate of drug-likeness (QED) is 0.210. The summed E-state index contributed by atoms with van der Waals surface area (Å²) in [6.07, 6.45) is 1.28. The molecule has 2 atom stereocenters. The lowest BCUT2D eigenvalue weighted by molar-refractivity contribution is 0.107. The van der Waals surface area contributed by atoms with Crippen LogP contribution >= 0.6 is 22.9 Å². The smallest absolute Gasteiger partial charge is 0.319 e.